The van der Waals surface area contributed by atoms with Crippen molar-refractivity contribution in [3.63, 3.8) is 0 Å². The summed E-state index contributed by atoms with van der Waals surface area (Å²) in [6.07, 6.45) is 2.60. The van der Waals surface area contributed by atoms with E-state index in [1.807, 2.05) is 4.68 Å². The third-order valence-corrected chi connectivity index (χ3v) is 4.53. The Morgan fingerprint density at radius 1 is 1.29 bits per heavy atom. The van der Waals surface area contributed by atoms with Crippen LogP contribution in [0.5, 0.6) is 0 Å². The fraction of sp³-hybridized carbons (Fsp3) is 0.875. The summed E-state index contributed by atoms with van der Waals surface area (Å²) in [5.41, 5.74) is -0.224. The van der Waals surface area contributed by atoms with Crippen molar-refractivity contribution >= 4 is 0 Å². The third-order valence-electron chi connectivity index (χ3n) is 4.53. The number of hydrogen-bond donors (Lipinski definition) is 1. The summed E-state index contributed by atoms with van der Waals surface area (Å²) in [5.74, 6) is 1.39. The number of rotatable bonds is 9. The number of aliphatic hydroxyl groups excluding tert-OH is 1. The first-order chi connectivity index (χ1) is 9.88. The zero-order valence-electron chi connectivity index (χ0n) is 14.5. The van der Waals surface area contributed by atoms with Crippen LogP contribution in [0.2, 0.25) is 0 Å². The van der Waals surface area contributed by atoms with Gasteiger partial charge < -0.3 is 5.11 Å². The smallest absolute Gasteiger partial charge is 0.138 e. The number of likely N-dealkylation sites (N-methyl/N-ethyl adjacent to an activating group) is 1. The normalized spacial score (nSPS) is 16.4. The molecule has 1 aromatic rings. The Kier molecular flexibility index (Phi) is 6.81. The second-order valence-corrected chi connectivity index (χ2v) is 6.36. The molecular formula is C16H32N4O. The molecule has 0 aliphatic carbocycles. The Bertz CT molecular complexity index is 414. The largest absolute Gasteiger partial charge is 0.391 e. The molecule has 21 heavy (non-hydrogen) atoms. The summed E-state index contributed by atoms with van der Waals surface area (Å²) in [4.78, 5) is 6.68. The lowest BCUT2D eigenvalue weighted by Gasteiger charge is -2.43. The highest BCUT2D eigenvalue weighted by Crippen LogP contribution is 2.25. The molecule has 122 valence electrons. The first-order valence-electron chi connectivity index (χ1n) is 8.18. The van der Waals surface area contributed by atoms with Gasteiger partial charge in [-0.2, -0.15) is 5.10 Å². The predicted molar refractivity (Wildman–Crippen MR) is 86.2 cm³/mol. The van der Waals surface area contributed by atoms with E-state index < -0.39 is 6.10 Å². The van der Waals surface area contributed by atoms with Gasteiger partial charge >= 0.3 is 0 Å². The van der Waals surface area contributed by atoms with Crippen LogP contribution in [-0.4, -0.2) is 49.5 Å². The Balaban J connectivity index is 2.88. The standard InChI is InChI=1S/C16H32N4O/c1-7-16(6,19(8-2)9-3)14(21)10-15-17-12-18-20(15)11-13(4)5/h12-14,21H,7-11H2,1-6H3. The van der Waals surface area contributed by atoms with Gasteiger partial charge in [0.2, 0.25) is 0 Å². The van der Waals surface area contributed by atoms with Crippen LogP contribution in [0.25, 0.3) is 0 Å². The topological polar surface area (TPSA) is 54.2 Å². The highest BCUT2D eigenvalue weighted by Gasteiger charge is 2.36. The van der Waals surface area contributed by atoms with Crippen molar-refractivity contribution in [2.75, 3.05) is 13.1 Å². The molecule has 0 fully saturated rings. The van der Waals surface area contributed by atoms with Crippen LogP contribution in [-0.2, 0) is 13.0 Å². The maximum Gasteiger partial charge on any atom is 0.138 e. The van der Waals surface area contributed by atoms with Gasteiger partial charge in [0, 0.05) is 18.5 Å². The molecule has 1 rings (SSSR count). The zero-order valence-corrected chi connectivity index (χ0v) is 14.5. The molecule has 0 saturated carbocycles. The Labute approximate surface area is 129 Å². The number of aliphatic hydroxyl groups is 1. The van der Waals surface area contributed by atoms with Crippen LogP contribution in [0.4, 0.5) is 0 Å². The van der Waals surface area contributed by atoms with E-state index in [2.05, 4.69) is 56.5 Å². The van der Waals surface area contributed by atoms with Gasteiger partial charge in [0.25, 0.3) is 0 Å². The average molecular weight is 296 g/mol. The molecule has 1 aromatic heterocycles. The van der Waals surface area contributed by atoms with Crippen LogP contribution in [0, 0.1) is 5.92 Å². The van der Waals surface area contributed by atoms with E-state index in [4.69, 9.17) is 0 Å². The Hall–Kier alpha value is -0.940. The number of nitrogens with zero attached hydrogens (tertiary/aromatic N) is 4. The SMILES string of the molecule is CCN(CC)C(C)(CC)C(O)Cc1ncnn1CC(C)C. The van der Waals surface area contributed by atoms with E-state index in [0.717, 1.165) is 31.9 Å². The van der Waals surface area contributed by atoms with E-state index in [0.29, 0.717) is 12.3 Å². The van der Waals surface area contributed by atoms with Crippen molar-refractivity contribution < 1.29 is 5.11 Å². The third kappa shape index (κ3) is 4.27. The Morgan fingerprint density at radius 2 is 1.90 bits per heavy atom. The summed E-state index contributed by atoms with van der Waals surface area (Å²) >= 11 is 0. The molecule has 0 saturated heterocycles. The summed E-state index contributed by atoms with van der Waals surface area (Å²) in [5, 5.41) is 15.1. The molecule has 2 unspecified atom stereocenters. The van der Waals surface area contributed by atoms with Crippen LogP contribution in [0.15, 0.2) is 6.33 Å². The molecule has 0 aromatic carbocycles. The van der Waals surface area contributed by atoms with Crippen LogP contribution in [0.3, 0.4) is 0 Å². The monoisotopic (exact) mass is 296 g/mol. The molecule has 5 nitrogen and oxygen atoms in total. The van der Waals surface area contributed by atoms with E-state index >= 15 is 0 Å². The maximum absolute atomic E-state index is 10.8. The van der Waals surface area contributed by atoms with E-state index in [-0.39, 0.29) is 5.54 Å². The highest BCUT2D eigenvalue weighted by molar-refractivity contribution is 4.98. The van der Waals surface area contributed by atoms with E-state index in [1.165, 1.54) is 0 Å². The van der Waals surface area contributed by atoms with E-state index in [9.17, 15) is 5.11 Å². The quantitative estimate of drug-likeness (QED) is 0.760. The van der Waals surface area contributed by atoms with Crippen LogP contribution in [0.1, 0.15) is 53.8 Å². The molecule has 0 spiro atoms. The molecule has 0 aliphatic rings. The van der Waals surface area contributed by atoms with Crippen LogP contribution >= 0.6 is 0 Å². The van der Waals surface area contributed by atoms with Gasteiger partial charge in [-0.1, -0.05) is 34.6 Å². The van der Waals surface area contributed by atoms with Crippen molar-refractivity contribution in [1.29, 1.82) is 0 Å². The van der Waals surface area contributed by atoms with E-state index in [1.54, 1.807) is 6.33 Å². The minimum Gasteiger partial charge on any atom is -0.391 e. The van der Waals surface area contributed by atoms with Gasteiger partial charge in [0.05, 0.1) is 6.10 Å². The summed E-state index contributed by atoms with van der Waals surface area (Å²) in [6, 6.07) is 0. The minimum atomic E-state index is -0.447. The summed E-state index contributed by atoms with van der Waals surface area (Å²) in [7, 11) is 0. The van der Waals surface area contributed by atoms with Gasteiger partial charge in [-0.05, 0) is 32.4 Å². The molecular weight excluding hydrogens is 264 g/mol. The molecule has 0 radical (unpaired) electrons. The van der Waals surface area contributed by atoms with Crippen molar-refractivity contribution in [1.82, 2.24) is 19.7 Å². The van der Waals surface area contributed by atoms with Crippen molar-refractivity contribution in [2.24, 2.45) is 5.92 Å². The van der Waals surface area contributed by atoms with Crippen LogP contribution < -0.4 is 0 Å². The van der Waals surface area contributed by atoms with Gasteiger partial charge in [0.1, 0.15) is 12.2 Å². The molecule has 0 amide bonds. The average Bonchev–Trinajstić information content (AvgIpc) is 2.86. The van der Waals surface area contributed by atoms with Crippen molar-refractivity contribution in [3.8, 4) is 0 Å². The molecule has 2 atom stereocenters. The first kappa shape index (κ1) is 18.1. The van der Waals surface area contributed by atoms with Crippen molar-refractivity contribution in [2.45, 2.75) is 72.6 Å². The second kappa shape index (κ2) is 7.90. The highest BCUT2D eigenvalue weighted by atomic mass is 16.3. The van der Waals surface area contributed by atoms with Gasteiger partial charge in [-0.15, -0.1) is 0 Å². The minimum absolute atomic E-state index is 0.224. The Morgan fingerprint density at radius 3 is 2.38 bits per heavy atom. The predicted octanol–water partition coefficient (Wildman–Crippen LogP) is 2.35. The first-order valence-corrected chi connectivity index (χ1v) is 8.18. The summed E-state index contributed by atoms with van der Waals surface area (Å²) < 4.78 is 1.92. The van der Waals surface area contributed by atoms with Gasteiger partial charge in [0.15, 0.2) is 0 Å². The fourth-order valence-corrected chi connectivity index (χ4v) is 2.95. The molecule has 0 bridgehead atoms. The second-order valence-electron chi connectivity index (χ2n) is 6.36. The zero-order chi connectivity index (χ0) is 16.0. The lowest BCUT2D eigenvalue weighted by atomic mass is 9.87. The summed E-state index contributed by atoms with van der Waals surface area (Å²) in [6.45, 7) is 15.6. The molecule has 0 aliphatic heterocycles. The molecule has 1 N–H and O–H groups in total. The van der Waals surface area contributed by atoms with Gasteiger partial charge in [-0.25, -0.2) is 9.67 Å². The molecule has 5 heteroatoms. The maximum atomic E-state index is 10.8. The van der Waals surface area contributed by atoms with Crippen molar-refractivity contribution in [3.05, 3.63) is 12.2 Å². The number of aromatic nitrogens is 3. The van der Waals surface area contributed by atoms with Gasteiger partial charge in [-0.3, -0.25) is 4.90 Å². The lowest BCUT2D eigenvalue weighted by Crippen LogP contribution is -2.55. The lowest BCUT2D eigenvalue weighted by molar-refractivity contribution is -0.0205. The fourth-order valence-electron chi connectivity index (χ4n) is 2.95. The number of hydrogen-bond acceptors (Lipinski definition) is 4. The molecule has 1 heterocycles.